The molecule has 0 bridgehead atoms. The Hall–Kier alpha value is -1.18. The van der Waals surface area contributed by atoms with Crippen LogP contribution in [0.4, 0.5) is 5.82 Å². The van der Waals surface area contributed by atoms with E-state index in [2.05, 4.69) is 16.8 Å². The van der Waals surface area contributed by atoms with Crippen molar-refractivity contribution >= 4 is 15.8 Å². The van der Waals surface area contributed by atoms with Gasteiger partial charge in [0.1, 0.15) is 5.82 Å². The van der Waals surface area contributed by atoms with Gasteiger partial charge in [-0.15, -0.1) is 0 Å². The second-order valence-electron chi connectivity index (χ2n) is 5.10. The second kappa shape index (κ2) is 6.07. The van der Waals surface area contributed by atoms with Gasteiger partial charge in [0.2, 0.25) is 10.0 Å². The van der Waals surface area contributed by atoms with Crippen LogP contribution in [0.5, 0.6) is 0 Å². The largest absolute Gasteiger partial charge is 0.384 e. The van der Waals surface area contributed by atoms with E-state index in [0.717, 1.165) is 32.5 Å². The molecule has 6 nitrogen and oxygen atoms in total. The van der Waals surface area contributed by atoms with Gasteiger partial charge in [-0.3, -0.25) is 0 Å². The summed E-state index contributed by atoms with van der Waals surface area (Å²) >= 11 is 0. The fourth-order valence-electron chi connectivity index (χ4n) is 2.55. The third-order valence-corrected chi connectivity index (χ3v) is 5.85. The maximum atomic E-state index is 12.6. The smallest absolute Gasteiger partial charge is 0.243 e. The molecule has 1 aliphatic rings. The number of likely N-dealkylation sites (tertiary alicyclic amines) is 1. The molecule has 0 saturated carbocycles. The summed E-state index contributed by atoms with van der Waals surface area (Å²) in [5, 5.41) is 0. The Morgan fingerprint density at radius 2 is 2.10 bits per heavy atom. The maximum absolute atomic E-state index is 12.6. The summed E-state index contributed by atoms with van der Waals surface area (Å²) in [6.07, 6.45) is 3.16. The van der Waals surface area contributed by atoms with Crippen LogP contribution in [0.25, 0.3) is 0 Å². The Bertz CT molecular complexity index is 553. The average Bonchev–Trinajstić information content (AvgIpc) is 2.46. The quantitative estimate of drug-likeness (QED) is 0.888. The zero-order chi connectivity index (χ0) is 14.8. The average molecular weight is 298 g/mol. The van der Waals surface area contributed by atoms with E-state index in [4.69, 9.17) is 5.73 Å². The third kappa shape index (κ3) is 3.11. The highest BCUT2D eigenvalue weighted by atomic mass is 32.2. The molecule has 2 heterocycles. The minimum Gasteiger partial charge on any atom is -0.384 e. The van der Waals surface area contributed by atoms with Gasteiger partial charge in [0.05, 0.1) is 4.90 Å². The highest BCUT2D eigenvalue weighted by molar-refractivity contribution is 7.89. The van der Waals surface area contributed by atoms with Crippen molar-refractivity contribution in [2.24, 2.45) is 0 Å². The molecule has 7 heteroatoms. The Morgan fingerprint density at radius 1 is 1.45 bits per heavy atom. The molecule has 112 valence electrons. The predicted molar refractivity (Wildman–Crippen MR) is 78.7 cm³/mol. The molecular weight excluding hydrogens is 276 g/mol. The summed E-state index contributed by atoms with van der Waals surface area (Å²) in [6.45, 7) is 5.03. The molecule has 0 unspecified atom stereocenters. The maximum Gasteiger partial charge on any atom is 0.243 e. The lowest BCUT2D eigenvalue weighted by molar-refractivity contribution is 0.176. The van der Waals surface area contributed by atoms with Crippen LogP contribution in [0.1, 0.15) is 19.8 Å². The number of nitrogens with zero attached hydrogens (tertiary/aromatic N) is 3. The molecule has 0 amide bonds. The summed E-state index contributed by atoms with van der Waals surface area (Å²) < 4.78 is 26.6. The molecule has 2 N–H and O–H groups in total. The molecule has 1 saturated heterocycles. The monoisotopic (exact) mass is 298 g/mol. The first-order chi connectivity index (χ1) is 9.45. The molecule has 2 rings (SSSR count). The Balaban J connectivity index is 2.14. The van der Waals surface area contributed by atoms with Gasteiger partial charge in [-0.1, -0.05) is 6.92 Å². The molecule has 1 aromatic rings. The molecule has 1 aromatic heterocycles. The number of hydrogen-bond donors (Lipinski definition) is 1. The predicted octanol–water partition coefficient (Wildman–Crippen LogP) is 0.769. The number of sulfonamides is 1. The summed E-state index contributed by atoms with van der Waals surface area (Å²) in [5.74, 6) is 0.222. The lowest BCUT2D eigenvalue weighted by atomic mass is 10.1. The van der Waals surface area contributed by atoms with Gasteiger partial charge < -0.3 is 10.6 Å². The standard InChI is InChI=1S/C13H22N4O2S/c1-3-17-8-5-11(6-9-17)16(2)20(18,19)12-4-7-15-13(14)10-12/h4,7,10-11H,3,5-6,8-9H2,1-2H3,(H2,14,15). The fourth-order valence-corrected chi connectivity index (χ4v) is 3.99. The number of rotatable bonds is 4. The Labute approximate surface area is 120 Å². The van der Waals surface area contributed by atoms with E-state index in [1.807, 2.05) is 0 Å². The number of piperidine rings is 1. The third-order valence-electron chi connectivity index (χ3n) is 3.95. The van der Waals surface area contributed by atoms with Gasteiger partial charge in [-0.05, 0) is 38.5 Å². The van der Waals surface area contributed by atoms with Crippen molar-refractivity contribution in [1.82, 2.24) is 14.2 Å². The Morgan fingerprint density at radius 3 is 2.65 bits per heavy atom. The van der Waals surface area contributed by atoms with Crippen LogP contribution in [0.3, 0.4) is 0 Å². The molecule has 20 heavy (non-hydrogen) atoms. The zero-order valence-corrected chi connectivity index (χ0v) is 12.8. The van der Waals surface area contributed by atoms with Crippen LogP contribution < -0.4 is 5.73 Å². The molecular formula is C13H22N4O2S. The molecule has 0 atom stereocenters. The molecule has 0 radical (unpaired) electrons. The minimum atomic E-state index is -3.49. The first kappa shape index (κ1) is 15.2. The lowest BCUT2D eigenvalue weighted by Gasteiger charge is -2.35. The number of anilines is 1. The zero-order valence-electron chi connectivity index (χ0n) is 12.0. The summed E-state index contributed by atoms with van der Waals surface area (Å²) in [6, 6.07) is 2.95. The van der Waals surface area contributed by atoms with Crippen LogP contribution in [-0.2, 0) is 10.0 Å². The van der Waals surface area contributed by atoms with Crippen molar-refractivity contribution in [3.8, 4) is 0 Å². The normalized spacial score (nSPS) is 18.6. The van der Waals surface area contributed by atoms with Crippen LogP contribution in [0.2, 0.25) is 0 Å². The molecule has 1 fully saturated rings. The highest BCUT2D eigenvalue weighted by Crippen LogP contribution is 2.23. The van der Waals surface area contributed by atoms with Gasteiger partial charge in [0.25, 0.3) is 0 Å². The first-order valence-electron chi connectivity index (χ1n) is 6.87. The van der Waals surface area contributed by atoms with Crippen molar-refractivity contribution in [3.05, 3.63) is 18.3 Å². The van der Waals surface area contributed by atoms with Crippen LogP contribution >= 0.6 is 0 Å². The number of nitrogens with two attached hydrogens (primary N) is 1. The van der Waals surface area contributed by atoms with Crippen molar-refractivity contribution in [3.63, 3.8) is 0 Å². The summed E-state index contributed by atoms with van der Waals surface area (Å²) in [4.78, 5) is 6.38. The fraction of sp³-hybridized carbons (Fsp3) is 0.615. The van der Waals surface area contributed by atoms with E-state index in [0.29, 0.717) is 0 Å². The highest BCUT2D eigenvalue weighted by Gasteiger charge is 2.30. The van der Waals surface area contributed by atoms with Crippen LogP contribution in [-0.4, -0.2) is 55.3 Å². The van der Waals surface area contributed by atoms with E-state index in [1.165, 1.54) is 22.6 Å². The van der Waals surface area contributed by atoms with Gasteiger partial charge in [-0.25, -0.2) is 13.4 Å². The van der Waals surface area contributed by atoms with Crippen LogP contribution in [0.15, 0.2) is 23.2 Å². The van der Waals surface area contributed by atoms with E-state index < -0.39 is 10.0 Å². The summed E-state index contributed by atoms with van der Waals surface area (Å²) in [5.41, 5.74) is 5.57. The lowest BCUT2D eigenvalue weighted by Crippen LogP contribution is -2.45. The number of hydrogen-bond acceptors (Lipinski definition) is 5. The first-order valence-corrected chi connectivity index (χ1v) is 8.31. The van der Waals surface area contributed by atoms with Gasteiger partial charge in [0, 0.05) is 25.4 Å². The van der Waals surface area contributed by atoms with Gasteiger partial charge in [-0.2, -0.15) is 4.31 Å². The topological polar surface area (TPSA) is 79.5 Å². The number of pyridine rings is 1. The Kier molecular flexibility index (Phi) is 4.62. The van der Waals surface area contributed by atoms with Crippen molar-refractivity contribution < 1.29 is 8.42 Å². The van der Waals surface area contributed by atoms with Gasteiger partial charge in [0.15, 0.2) is 0 Å². The second-order valence-corrected chi connectivity index (χ2v) is 7.10. The van der Waals surface area contributed by atoms with E-state index in [-0.39, 0.29) is 16.8 Å². The van der Waals surface area contributed by atoms with Crippen LogP contribution in [0, 0.1) is 0 Å². The summed E-state index contributed by atoms with van der Waals surface area (Å²) in [7, 11) is -1.84. The van der Waals surface area contributed by atoms with E-state index in [9.17, 15) is 8.42 Å². The van der Waals surface area contributed by atoms with E-state index in [1.54, 1.807) is 7.05 Å². The SMILES string of the molecule is CCN1CCC(N(C)S(=O)(=O)c2ccnc(N)c2)CC1. The van der Waals surface area contributed by atoms with Crippen molar-refractivity contribution in [2.45, 2.75) is 30.7 Å². The molecule has 0 spiro atoms. The van der Waals surface area contributed by atoms with E-state index >= 15 is 0 Å². The van der Waals surface area contributed by atoms with Crippen molar-refractivity contribution in [1.29, 1.82) is 0 Å². The number of nitrogen functional groups attached to an aromatic ring is 1. The molecule has 0 aromatic carbocycles. The molecule has 1 aliphatic heterocycles. The van der Waals surface area contributed by atoms with Crippen molar-refractivity contribution in [2.75, 3.05) is 32.4 Å². The minimum absolute atomic E-state index is 0.0530. The number of aromatic nitrogens is 1. The molecule has 0 aliphatic carbocycles. The van der Waals surface area contributed by atoms with Gasteiger partial charge >= 0.3 is 0 Å².